The summed E-state index contributed by atoms with van der Waals surface area (Å²) in [6.07, 6.45) is 9.45. The molecule has 5 rings (SSSR count). The molecule has 9 nitrogen and oxygen atoms in total. The molecule has 0 radical (unpaired) electrons. The fraction of sp³-hybridized carbons (Fsp3) is 0.286. The van der Waals surface area contributed by atoms with Gasteiger partial charge < -0.3 is 4.90 Å². The van der Waals surface area contributed by atoms with E-state index in [0.29, 0.717) is 32.7 Å². The van der Waals surface area contributed by atoms with Gasteiger partial charge in [0.2, 0.25) is 0 Å². The Morgan fingerprint density at radius 2 is 2.00 bits per heavy atom. The fourth-order valence-corrected chi connectivity index (χ4v) is 7.05. The van der Waals surface area contributed by atoms with Crippen LogP contribution in [0.1, 0.15) is 23.9 Å². The first-order chi connectivity index (χ1) is 19.3. The normalized spacial score (nSPS) is 20.4. The monoisotopic (exact) mass is 581 g/mol. The minimum atomic E-state index is -3.53. The maximum absolute atomic E-state index is 13.7. The van der Waals surface area contributed by atoms with Gasteiger partial charge in [-0.2, -0.15) is 17.0 Å². The van der Waals surface area contributed by atoms with Gasteiger partial charge in [-0.25, -0.2) is 9.37 Å². The zero-order valence-corrected chi connectivity index (χ0v) is 24.1. The minimum Gasteiger partial charge on any atom is -0.339 e. The van der Waals surface area contributed by atoms with E-state index in [2.05, 4.69) is 16.9 Å². The molecule has 12 heteroatoms. The van der Waals surface area contributed by atoms with Gasteiger partial charge in [-0.1, -0.05) is 43.0 Å². The summed E-state index contributed by atoms with van der Waals surface area (Å²) < 4.78 is 44.9. The van der Waals surface area contributed by atoms with E-state index in [9.17, 15) is 12.8 Å². The summed E-state index contributed by atoms with van der Waals surface area (Å²) >= 11 is 1.52. The van der Waals surface area contributed by atoms with Crippen molar-refractivity contribution in [3.8, 4) is 0 Å². The summed E-state index contributed by atoms with van der Waals surface area (Å²) in [7, 11) is -1.60. The van der Waals surface area contributed by atoms with Gasteiger partial charge in [0.05, 0.1) is 17.1 Å². The van der Waals surface area contributed by atoms with E-state index >= 15 is 0 Å². The molecular formula is C28H32FN7O2S2. The molecule has 2 aliphatic rings. The SMILES string of the molecule is C=C/C(F)=C\C=C(/C)c1nc2sccn2c1C1=CC=NC(NCCN2CCN(Cc3ccccc3)S2(=O)=O)N1C. The lowest BCUT2D eigenvalue weighted by molar-refractivity contribution is 0.289. The lowest BCUT2D eigenvalue weighted by Gasteiger charge is -2.32. The van der Waals surface area contributed by atoms with Gasteiger partial charge in [-0.05, 0) is 36.3 Å². The van der Waals surface area contributed by atoms with E-state index in [0.717, 1.165) is 39.3 Å². The van der Waals surface area contributed by atoms with Crippen LogP contribution in [-0.4, -0.2) is 77.0 Å². The number of rotatable bonds is 10. The van der Waals surface area contributed by atoms with E-state index < -0.39 is 22.3 Å². The smallest absolute Gasteiger partial charge is 0.282 e. The number of aromatic nitrogens is 2. The quantitative estimate of drug-likeness (QED) is 0.364. The van der Waals surface area contributed by atoms with Crippen LogP contribution in [0.15, 0.2) is 83.6 Å². The molecule has 1 fully saturated rings. The fourth-order valence-electron chi connectivity index (χ4n) is 4.75. The summed E-state index contributed by atoms with van der Waals surface area (Å²) in [6.45, 7) is 7.40. The largest absolute Gasteiger partial charge is 0.339 e. The molecule has 2 aromatic heterocycles. The maximum atomic E-state index is 13.7. The molecule has 40 heavy (non-hydrogen) atoms. The molecule has 2 aliphatic heterocycles. The van der Waals surface area contributed by atoms with Crippen molar-refractivity contribution >= 4 is 44.0 Å². The predicted octanol–water partition coefficient (Wildman–Crippen LogP) is 4.13. The van der Waals surface area contributed by atoms with Crippen molar-refractivity contribution < 1.29 is 12.8 Å². The van der Waals surface area contributed by atoms with E-state index in [4.69, 9.17) is 4.98 Å². The summed E-state index contributed by atoms with van der Waals surface area (Å²) in [5, 5.41) is 5.35. The number of fused-ring (bicyclic) bond motifs is 1. The third kappa shape index (κ3) is 5.72. The Balaban J connectivity index is 1.27. The molecule has 3 aromatic rings. The zero-order valence-electron chi connectivity index (χ0n) is 22.4. The third-order valence-corrected chi connectivity index (χ3v) is 9.65. The third-order valence-electron chi connectivity index (χ3n) is 6.91. The number of aliphatic imine (C=N–C) groups is 1. The second-order valence-electron chi connectivity index (χ2n) is 9.48. The molecule has 0 aliphatic carbocycles. The van der Waals surface area contributed by atoms with Crippen molar-refractivity contribution in [2.45, 2.75) is 19.8 Å². The molecule has 1 unspecified atom stereocenters. The number of nitrogens with one attached hydrogen (secondary N) is 1. The van der Waals surface area contributed by atoms with Gasteiger partial charge in [0, 0.05) is 57.6 Å². The predicted molar refractivity (Wildman–Crippen MR) is 159 cm³/mol. The van der Waals surface area contributed by atoms with Crippen LogP contribution in [0, 0.1) is 0 Å². The van der Waals surface area contributed by atoms with Crippen LogP contribution in [0.5, 0.6) is 0 Å². The van der Waals surface area contributed by atoms with Gasteiger partial charge in [-0.3, -0.25) is 14.7 Å². The van der Waals surface area contributed by atoms with Crippen LogP contribution in [0.3, 0.4) is 0 Å². The molecule has 1 aromatic carbocycles. The number of allylic oxidation sites excluding steroid dienone is 6. The second kappa shape index (κ2) is 12.0. The Morgan fingerprint density at radius 1 is 1.23 bits per heavy atom. The lowest BCUT2D eigenvalue weighted by Crippen LogP contribution is -2.46. The molecule has 0 spiro atoms. The average Bonchev–Trinajstić information content (AvgIpc) is 3.63. The van der Waals surface area contributed by atoms with Crippen molar-refractivity contribution in [1.29, 1.82) is 0 Å². The van der Waals surface area contributed by atoms with Gasteiger partial charge in [-0.15, -0.1) is 11.3 Å². The van der Waals surface area contributed by atoms with E-state index in [1.807, 2.05) is 71.3 Å². The van der Waals surface area contributed by atoms with Gasteiger partial charge in [0.1, 0.15) is 5.83 Å². The first kappa shape index (κ1) is 28.1. The molecule has 0 bridgehead atoms. The number of benzene rings is 1. The number of halogens is 1. The number of thiazole rings is 1. The van der Waals surface area contributed by atoms with Crippen LogP contribution in [0.4, 0.5) is 4.39 Å². The molecular weight excluding hydrogens is 549 g/mol. The maximum Gasteiger partial charge on any atom is 0.282 e. The van der Waals surface area contributed by atoms with E-state index in [1.54, 1.807) is 12.3 Å². The van der Waals surface area contributed by atoms with Gasteiger partial charge in [0.15, 0.2) is 11.3 Å². The van der Waals surface area contributed by atoms with Crippen LogP contribution >= 0.6 is 11.3 Å². The molecule has 1 atom stereocenters. The molecule has 0 saturated carbocycles. The zero-order chi connectivity index (χ0) is 28.3. The minimum absolute atomic E-state index is 0.336. The van der Waals surface area contributed by atoms with E-state index in [-0.39, 0.29) is 0 Å². The molecule has 0 amide bonds. The van der Waals surface area contributed by atoms with E-state index in [1.165, 1.54) is 26.0 Å². The molecule has 4 heterocycles. The second-order valence-corrected chi connectivity index (χ2v) is 12.3. The number of hydrogen-bond acceptors (Lipinski definition) is 7. The topological polar surface area (TPSA) is 85.5 Å². The number of imidazole rings is 1. The van der Waals surface area contributed by atoms with Crippen LogP contribution in [0.2, 0.25) is 0 Å². The molecule has 1 N–H and O–H groups in total. The average molecular weight is 582 g/mol. The van der Waals surface area contributed by atoms with Crippen molar-refractivity contribution in [3.05, 3.63) is 95.6 Å². The summed E-state index contributed by atoms with van der Waals surface area (Å²) in [5.74, 6) is -0.421. The standard InChI is InChI=1S/C28H32FN7O2S2/c1-4-23(29)11-10-21(2)25-26(36-18-19-39-28(36)32-25)24-12-13-30-27(33(24)3)31-14-15-34-16-17-35(40(34,37)38)20-22-8-6-5-7-9-22/h4-13,18-19,27,31H,1,14-17,20H2,2-3H3/b21-10+,23-11+. The van der Waals surface area contributed by atoms with Crippen LogP contribution in [-0.2, 0) is 16.8 Å². The highest BCUT2D eigenvalue weighted by atomic mass is 32.2. The first-order valence-corrected chi connectivity index (χ1v) is 15.2. The number of nitrogens with zero attached hydrogens (tertiary/aromatic N) is 6. The highest BCUT2D eigenvalue weighted by Crippen LogP contribution is 2.32. The Labute approximate surface area is 238 Å². The Morgan fingerprint density at radius 3 is 2.77 bits per heavy atom. The lowest BCUT2D eigenvalue weighted by atomic mass is 10.1. The Bertz CT molecular complexity index is 1610. The summed E-state index contributed by atoms with van der Waals surface area (Å²) in [6, 6.07) is 9.62. The highest BCUT2D eigenvalue weighted by Gasteiger charge is 2.36. The summed E-state index contributed by atoms with van der Waals surface area (Å²) in [5.41, 5.74) is 4.28. The first-order valence-electron chi connectivity index (χ1n) is 12.9. The summed E-state index contributed by atoms with van der Waals surface area (Å²) in [4.78, 5) is 12.2. The van der Waals surface area contributed by atoms with Crippen LogP contribution in [0.25, 0.3) is 16.2 Å². The van der Waals surface area contributed by atoms with Crippen LogP contribution < -0.4 is 5.32 Å². The highest BCUT2D eigenvalue weighted by molar-refractivity contribution is 7.87. The van der Waals surface area contributed by atoms with Crippen molar-refractivity contribution in [3.63, 3.8) is 0 Å². The van der Waals surface area contributed by atoms with Crippen molar-refractivity contribution in [2.75, 3.05) is 33.2 Å². The Kier molecular flexibility index (Phi) is 8.43. The molecule has 210 valence electrons. The van der Waals surface area contributed by atoms with Gasteiger partial charge in [0.25, 0.3) is 10.2 Å². The van der Waals surface area contributed by atoms with Gasteiger partial charge >= 0.3 is 0 Å². The Hall–Kier alpha value is -3.42. The number of hydrogen-bond donors (Lipinski definition) is 1. The molecule has 1 saturated heterocycles. The van der Waals surface area contributed by atoms with Crippen molar-refractivity contribution in [1.82, 2.24) is 28.2 Å². The van der Waals surface area contributed by atoms with Crippen molar-refractivity contribution in [2.24, 2.45) is 4.99 Å².